The Labute approximate surface area is 117 Å². The van der Waals surface area contributed by atoms with Gasteiger partial charge in [-0.05, 0) is 31.0 Å². The van der Waals surface area contributed by atoms with E-state index in [1.165, 1.54) is 12.1 Å². The lowest BCUT2D eigenvalue weighted by atomic mass is 10.4. The van der Waals surface area contributed by atoms with Crippen LogP contribution in [0.15, 0.2) is 29.2 Å². The molecule has 1 aromatic carbocycles. The van der Waals surface area contributed by atoms with Gasteiger partial charge in [0.25, 0.3) is 0 Å². The van der Waals surface area contributed by atoms with Crippen LogP contribution in [0.2, 0.25) is 5.02 Å². The normalized spacial score (nSPS) is 15.7. The Morgan fingerprint density at radius 2 is 2.00 bits per heavy atom. The van der Waals surface area contributed by atoms with Gasteiger partial charge in [-0.1, -0.05) is 17.7 Å². The van der Waals surface area contributed by atoms with Crippen molar-refractivity contribution < 1.29 is 13.2 Å². The van der Waals surface area contributed by atoms with Crippen LogP contribution in [-0.4, -0.2) is 38.9 Å². The molecule has 0 radical (unpaired) electrons. The second kappa shape index (κ2) is 5.90. The fourth-order valence-corrected chi connectivity index (χ4v) is 3.23. The van der Waals surface area contributed by atoms with Crippen molar-refractivity contribution in [2.75, 3.05) is 19.6 Å². The zero-order valence-electron chi connectivity index (χ0n) is 10.3. The number of carbonyl (C=O) groups is 1. The number of benzene rings is 1. The second-order valence-electron chi connectivity index (χ2n) is 4.37. The summed E-state index contributed by atoms with van der Waals surface area (Å²) < 4.78 is 26.2. The Bertz CT molecular complexity index is 568. The van der Waals surface area contributed by atoms with Crippen LogP contribution in [0.1, 0.15) is 12.8 Å². The van der Waals surface area contributed by atoms with Crippen LogP contribution in [0.5, 0.6) is 0 Å². The highest BCUT2D eigenvalue weighted by Crippen LogP contribution is 2.15. The van der Waals surface area contributed by atoms with E-state index < -0.39 is 10.0 Å². The van der Waals surface area contributed by atoms with Crippen LogP contribution in [0, 0.1) is 0 Å². The smallest absolute Gasteiger partial charge is 0.241 e. The zero-order valence-corrected chi connectivity index (χ0v) is 11.9. The average Bonchev–Trinajstić information content (AvgIpc) is 2.90. The van der Waals surface area contributed by atoms with Crippen molar-refractivity contribution in [1.29, 1.82) is 0 Å². The molecule has 0 saturated carbocycles. The van der Waals surface area contributed by atoms with Gasteiger partial charge < -0.3 is 4.90 Å². The standard InChI is InChI=1S/C12H15ClN2O3S/c13-10-4-3-5-11(8-10)19(17,18)14-9-12(16)15-6-1-2-7-15/h3-5,8,14H,1-2,6-7,9H2. The number of amides is 1. The molecule has 1 aromatic rings. The van der Waals surface area contributed by atoms with Crippen molar-refractivity contribution in [3.8, 4) is 0 Å². The number of nitrogens with zero attached hydrogens (tertiary/aromatic N) is 1. The van der Waals surface area contributed by atoms with Crippen LogP contribution in [0.25, 0.3) is 0 Å². The molecule has 7 heteroatoms. The van der Waals surface area contributed by atoms with Gasteiger partial charge in [0.15, 0.2) is 0 Å². The summed E-state index contributed by atoms with van der Waals surface area (Å²) in [4.78, 5) is 13.5. The molecule has 1 saturated heterocycles. The number of likely N-dealkylation sites (tertiary alicyclic amines) is 1. The number of hydrogen-bond donors (Lipinski definition) is 1. The predicted molar refractivity (Wildman–Crippen MR) is 72.5 cm³/mol. The lowest BCUT2D eigenvalue weighted by Gasteiger charge is -2.15. The van der Waals surface area contributed by atoms with E-state index in [4.69, 9.17) is 11.6 Å². The molecule has 1 N–H and O–H groups in total. The first-order chi connectivity index (χ1) is 8.99. The minimum atomic E-state index is -3.69. The third-order valence-electron chi connectivity index (χ3n) is 2.98. The monoisotopic (exact) mass is 302 g/mol. The molecule has 1 aliphatic heterocycles. The topological polar surface area (TPSA) is 66.5 Å². The summed E-state index contributed by atoms with van der Waals surface area (Å²) in [6, 6.07) is 5.94. The molecule has 0 atom stereocenters. The summed E-state index contributed by atoms with van der Waals surface area (Å²) in [6.45, 7) is 1.20. The summed E-state index contributed by atoms with van der Waals surface area (Å²) in [5.74, 6) is -0.192. The maximum absolute atomic E-state index is 12.0. The Morgan fingerprint density at radius 3 is 2.63 bits per heavy atom. The van der Waals surface area contributed by atoms with Crippen molar-refractivity contribution in [2.45, 2.75) is 17.7 Å². The summed E-state index contributed by atoms with van der Waals surface area (Å²) in [7, 11) is -3.69. The molecule has 1 aliphatic rings. The molecule has 1 fully saturated rings. The van der Waals surface area contributed by atoms with E-state index in [2.05, 4.69) is 4.72 Å². The largest absolute Gasteiger partial charge is 0.342 e. The van der Waals surface area contributed by atoms with Gasteiger partial charge >= 0.3 is 0 Å². The minimum Gasteiger partial charge on any atom is -0.342 e. The molecule has 19 heavy (non-hydrogen) atoms. The van der Waals surface area contributed by atoms with Gasteiger partial charge in [-0.3, -0.25) is 4.79 Å². The Morgan fingerprint density at radius 1 is 1.32 bits per heavy atom. The molecule has 1 amide bonds. The first-order valence-electron chi connectivity index (χ1n) is 6.02. The zero-order chi connectivity index (χ0) is 13.9. The molecule has 5 nitrogen and oxygen atoms in total. The molecular weight excluding hydrogens is 288 g/mol. The molecule has 1 heterocycles. The van der Waals surface area contributed by atoms with Gasteiger partial charge in [0, 0.05) is 18.1 Å². The highest BCUT2D eigenvalue weighted by molar-refractivity contribution is 7.89. The SMILES string of the molecule is O=C(CNS(=O)(=O)c1cccc(Cl)c1)N1CCCC1. The Hall–Kier alpha value is -1.11. The Kier molecular flexibility index (Phi) is 4.44. The van der Waals surface area contributed by atoms with Crippen LogP contribution < -0.4 is 4.72 Å². The van der Waals surface area contributed by atoms with E-state index in [0.717, 1.165) is 12.8 Å². The number of hydrogen-bond acceptors (Lipinski definition) is 3. The first kappa shape index (κ1) is 14.3. The van der Waals surface area contributed by atoms with E-state index in [9.17, 15) is 13.2 Å². The maximum Gasteiger partial charge on any atom is 0.241 e. The van der Waals surface area contributed by atoms with Gasteiger partial charge in [0.2, 0.25) is 15.9 Å². The van der Waals surface area contributed by atoms with Crippen molar-refractivity contribution in [3.63, 3.8) is 0 Å². The van der Waals surface area contributed by atoms with Gasteiger partial charge in [0.05, 0.1) is 11.4 Å². The first-order valence-corrected chi connectivity index (χ1v) is 7.88. The summed E-state index contributed by atoms with van der Waals surface area (Å²) in [5, 5.41) is 0.341. The van der Waals surface area contributed by atoms with Crippen molar-refractivity contribution in [3.05, 3.63) is 29.3 Å². The van der Waals surface area contributed by atoms with Gasteiger partial charge in [-0.25, -0.2) is 13.1 Å². The predicted octanol–water partition coefficient (Wildman–Crippen LogP) is 1.24. The lowest BCUT2D eigenvalue weighted by Crippen LogP contribution is -2.38. The summed E-state index contributed by atoms with van der Waals surface area (Å²) >= 11 is 5.75. The van der Waals surface area contributed by atoms with Crippen LogP contribution in [0.3, 0.4) is 0 Å². The highest BCUT2D eigenvalue weighted by Gasteiger charge is 2.21. The van der Waals surface area contributed by atoms with Crippen molar-refractivity contribution in [1.82, 2.24) is 9.62 Å². The van der Waals surface area contributed by atoms with Gasteiger partial charge in [0.1, 0.15) is 0 Å². The molecule has 0 aromatic heterocycles. The van der Waals surface area contributed by atoms with E-state index in [1.807, 2.05) is 0 Å². The van der Waals surface area contributed by atoms with Crippen LogP contribution in [-0.2, 0) is 14.8 Å². The quantitative estimate of drug-likeness (QED) is 0.910. The molecule has 104 valence electrons. The van der Waals surface area contributed by atoms with Crippen molar-refractivity contribution in [2.24, 2.45) is 0 Å². The average molecular weight is 303 g/mol. The molecule has 0 spiro atoms. The minimum absolute atomic E-state index is 0.0641. The third kappa shape index (κ3) is 3.68. The lowest BCUT2D eigenvalue weighted by molar-refractivity contribution is -0.128. The van der Waals surface area contributed by atoms with Crippen molar-refractivity contribution >= 4 is 27.5 Å². The number of nitrogens with one attached hydrogen (secondary N) is 1. The molecule has 0 aliphatic carbocycles. The fourth-order valence-electron chi connectivity index (χ4n) is 1.95. The molecule has 2 rings (SSSR count). The summed E-state index contributed by atoms with van der Waals surface area (Å²) in [5.41, 5.74) is 0. The van der Waals surface area contributed by atoms with Crippen LogP contribution in [0.4, 0.5) is 0 Å². The molecular formula is C12H15ClN2O3S. The highest BCUT2D eigenvalue weighted by atomic mass is 35.5. The van der Waals surface area contributed by atoms with E-state index in [0.29, 0.717) is 18.1 Å². The number of rotatable bonds is 4. The second-order valence-corrected chi connectivity index (χ2v) is 6.57. The van der Waals surface area contributed by atoms with Gasteiger partial charge in [-0.15, -0.1) is 0 Å². The number of sulfonamides is 1. The third-order valence-corrected chi connectivity index (χ3v) is 4.61. The van der Waals surface area contributed by atoms with E-state index in [1.54, 1.807) is 17.0 Å². The maximum atomic E-state index is 12.0. The number of halogens is 1. The Balaban J connectivity index is 1.99. The van der Waals surface area contributed by atoms with Gasteiger partial charge in [-0.2, -0.15) is 0 Å². The number of carbonyl (C=O) groups excluding carboxylic acids is 1. The van der Waals surface area contributed by atoms with Crippen LogP contribution >= 0.6 is 11.6 Å². The van der Waals surface area contributed by atoms with E-state index >= 15 is 0 Å². The van der Waals surface area contributed by atoms with E-state index in [-0.39, 0.29) is 17.3 Å². The molecule has 0 bridgehead atoms. The fraction of sp³-hybridized carbons (Fsp3) is 0.417. The molecule has 0 unspecified atom stereocenters. The summed E-state index contributed by atoms with van der Waals surface area (Å²) in [6.07, 6.45) is 1.96.